The smallest absolute Gasteiger partial charge is 0.154 e. The maximum Gasteiger partial charge on any atom is 0.154 e. The summed E-state index contributed by atoms with van der Waals surface area (Å²) in [6, 6.07) is 11.5. The van der Waals surface area contributed by atoms with Crippen molar-refractivity contribution in [2.24, 2.45) is 4.99 Å². The summed E-state index contributed by atoms with van der Waals surface area (Å²) in [5.41, 5.74) is 4.54. The summed E-state index contributed by atoms with van der Waals surface area (Å²) in [5.74, 6) is 1.39. The van der Waals surface area contributed by atoms with Gasteiger partial charge in [-0.2, -0.15) is 5.10 Å². The SMILES string of the molecule is CC(C)c1cnnc(Nc2ccc3ncc(C(C=N)C=NCc4ccncc4)cc3n2)c1. The minimum Gasteiger partial charge on any atom is -0.323 e. The fraction of sp³-hybridized carbons (Fsp3) is 0.208. The fourth-order valence-electron chi connectivity index (χ4n) is 3.15. The van der Waals surface area contributed by atoms with Crippen molar-refractivity contribution < 1.29 is 0 Å². The number of fused-ring (bicyclic) bond motifs is 1. The molecule has 8 heteroatoms. The first-order chi connectivity index (χ1) is 15.6. The van der Waals surface area contributed by atoms with Gasteiger partial charge in [0.25, 0.3) is 0 Å². The fourth-order valence-corrected chi connectivity index (χ4v) is 3.15. The Bertz CT molecular complexity index is 1240. The normalized spacial score (nSPS) is 12.3. The number of pyridine rings is 3. The quantitative estimate of drug-likeness (QED) is 0.397. The Morgan fingerprint density at radius 3 is 2.62 bits per heavy atom. The molecule has 0 amide bonds. The predicted octanol–water partition coefficient (Wildman–Crippen LogP) is 4.69. The lowest BCUT2D eigenvalue weighted by Crippen LogP contribution is -2.04. The molecular weight excluding hydrogens is 400 g/mol. The molecule has 0 aliphatic heterocycles. The van der Waals surface area contributed by atoms with Gasteiger partial charge in [0.05, 0.1) is 29.7 Å². The summed E-state index contributed by atoms with van der Waals surface area (Å²) >= 11 is 0. The van der Waals surface area contributed by atoms with Gasteiger partial charge in [0.1, 0.15) is 5.82 Å². The Labute approximate surface area is 186 Å². The number of anilines is 2. The van der Waals surface area contributed by atoms with Crippen molar-refractivity contribution in [2.45, 2.75) is 32.2 Å². The molecule has 0 aromatic carbocycles. The molecule has 160 valence electrons. The number of nitrogens with one attached hydrogen (secondary N) is 2. The van der Waals surface area contributed by atoms with Gasteiger partial charge in [-0.05, 0) is 59.0 Å². The Morgan fingerprint density at radius 1 is 1.00 bits per heavy atom. The van der Waals surface area contributed by atoms with E-state index in [0.717, 1.165) is 27.7 Å². The molecule has 0 radical (unpaired) electrons. The molecule has 0 spiro atoms. The topological polar surface area (TPSA) is 113 Å². The Morgan fingerprint density at radius 2 is 1.84 bits per heavy atom. The summed E-state index contributed by atoms with van der Waals surface area (Å²) in [4.78, 5) is 17.7. The molecule has 4 rings (SSSR count). The van der Waals surface area contributed by atoms with Crippen LogP contribution in [0.4, 0.5) is 11.6 Å². The first-order valence-electron chi connectivity index (χ1n) is 10.4. The molecule has 1 unspecified atom stereocenters. The van der Waals surface area contributed by atoms with Crippen molar-refractivity contribution in [1.29, 1.82) is 5.41 Å². The molecule has 0 saturated carbocycles. The maximum absolute atomic E-state index is 7.83. The summed E-state index contributed by atoms with van der Waals surface area (Å²) < 4.78 is 0. The molecule has 4 aromatic heterocycles. The molecular formula is C24H24N8. The van der Waals surface area contributed by atoms with Crippen molar-refractivity contribution >= 4 is 35.1 Å². The van der Waals surface area contributed by atoms with Crippen LogP contribution in [0.1, 0.15) is 42.4 Å². The molecule has 4 heterocycles. The largest absolute Gasteiger partial charge is 0.323 e. The Kier molecular flexibility index (Phi) is 6.50. The lowest BCUT2D eigenvalue weighted by atomic mass is 10.0. The monoisotopic (exact) mass is 424 g/mol. The van der Waals surface area contributed by atoms with E-state index in [2.05, 4.69) is 49.3 Å². The zero-order valence-electron chi connectivity index (χ0n) is 18.0. The third kappa shape index (κ3) is 5.15. The van der Waals surface area contributed by atoms with Gasteiger partial charge in [0.2, 0.25) is 0 Å². The highest BCUT2D eigenvalue weighted by molar-refractivity contribution is 5.90. The van der Waals surface area contributed by atoms with Crippen LogP contribution in [0.25, 0.3) is 11.0 Å². The van der Waals surface area contributed by atoms with Crippen LogP contribution < -0.4 is 5.32 Å². The van der Waals surface area contributed by atoms with Crippen molar-refractivity contribution in [2.75, 3.05) is 5.32 Å². The lowest BCUT2D eigenvalue weighted by Gasteiger charge is -2.10. The second-order valence-corrected chi connectivity index (χ2v) is 7.69. The van der Waals surface area contributed by atoms with E-state index in [9.17, 15) is 0 Å². The molecule has 8 nitrogen and oxygen atoms in total. The van der Waals surface area contributed by atoms with Crippen molar-refractivity contribution in [3.63, 3.8) is 0 Å². The van der Waals surface area contributed by atoms with E-state index in [-0.39, 0.29) is 5.92 Å². The summed E-state index contributed by atoms with van der Waals surface area (Å²) in [6.45, 7) is 4.77. The van der Waals surface area contributed by atoms with Crippen LogP contribution in [0, 0.1) is 5.41 Å². The maximum atomic E-state index is 7.83. The van der Waals surface area contributed by atoms with Crippen LogP contribution in [0.15, 0.2) is 66.2 Å². The summed E-state index contributed by atoms with van der Waals surface area (Å²) in [7, 11) is 0. The number of nitrogens with zero attached hydrogens (tertiary/aromatic N) is 6. The van der Waals surface area contributed by atoms with E-state index < -0.39 is 0 Å². The van der Waals surface area contributed by atoms with Gasteiger partial charge in [-0.25, -0.2) is 4.98 Å². The van der Waals surface area contributed by atoms with Gasteiger partial charge >= 0.3 is 0 Å². The third-order valence-electron chi connectivity index (χ3n) is 5.01. The zero-order valence-corrected chi connectivity index (χ0v) is 18.0. The van der Waals surface area contributed by atoms with E-state index in [0.29, 0.717) is 24.1 Å². The van der Waals surface area contributed by atoms with Crippen LogP contribution >= 0.6 is 0 Å². The second-order valence-electron chi connectivity index (χ2n) is 7.69. The van der Waals surface area contributed by atoms with Crippen molar-refractivity contribution in [3.05, 3.63) is 77.9 Å². The van der Waals surface area contributed by atoms with E-state index in [4.69, 9.17) is 5.41 Å². The zero-order chi connectivity index (χ0) is 22.3. The highest BCUT2D eigenvalue weighted by atomic mass is 15.2. The van der Waals surface area contributed by atoms with Crippen molar-refractivity contribution in [3.8, 4) is 0 Å². The third-order valence-corrected chi connectivity index (χ3v) is 5.01. The minimum atomic E-state index is -0.277. The average Bonchev–Trinajstić information content (AvgIpc) is 2.82. The van der Waals surface area contributed by atoms with Crippen LogP contribution in [0.2, 0.25) is 0 Å². The van der Waals surface area contributed by atoms with Gasteiger partial charge < -0.3 is 10.7 Å². The number of hydrogen-bond donors (Lipinski definition) is 2. The predicted molar refractivity (Wildman–Crippen MR) is 127 cm³/mol. The molecule has 0 bridgehead atoms. The second kappa shape index (κ2) is 9.82. The van der Waals surface area contributed by atoms with E-state index in [1.807, 2.05) is 36.4 Å². The van der Waals surface area contributed by atoms with Gasteiger partial charge in [-0.1, -0.05) is 13.8 Å². The molecule has 0 fully saturated rings. The van der Waals surface area contributed by atoms with E-state index >= 15 is 0 Å². The first kappa shape index (κ1) is 21.2. The van der Waals surface area contributed by atoms with Crippen molar-refractivity contribution in [1.82, 2.24) is 25.1 Å². The van der Waals surface area contributed by atoms with Gasteiger partial charge in [-0.15, -0.1) is 5.10 Å². The van der Waals surface area contributed by atoms with Crippen LogP contribution in [-0.2, 0) is 6.54 Å². The highest BCUT2D eigenvalue weighted by Crippen LogP contribution is 2.21. The molecule has 4 aromatic rings. The Balaban J connectivity index is 1.54. The van der Waals surface area contributed by atoms with Gasteiger partial charge in [0, 0.05) is 31.0 Å². The average molecular weight is 425 g/mol. The number of aromatic nitrogens is 5. The molecule has 0 saturated heterocycles. The van der Waals surface area contributed by atoms with Crippen LogP contribution in [0.3, 0.4) is 0 Å². The number of aliphatic imine (C=N–C) groups is 1. The molecule has 32 heavy (non-hydrogen) atoms. The molecule has 1 atom stereocenters. The molecule has 2 N–H and O–H groups in total. The van der Waals surface area contributed by atoms with Crippen LogP contribution in [-0.4, -0.2) is 37.6 Å². The van der Waals surface area contributed by atoms with Gasteiger partial charge in [-0.3, -0.25) is 15.0 Å². The van der Waals surface area contributed by atoms with E-state index in [1.54, 1.807) is 31.0 Å². The summed E-state index contributed by atoms with van der Waals surface area (Å²) in [6.07, 6.45) is 10.2. The van der Waals surface area contributed by atoms with Gasteiger partial charge in [0.15, 0.2) is 5.82 Å². The van der Waals surface area contributed by atoms with Crippen LogP contribution in [0.5, 0.6) is 0 Å². The number of hydrogen-bond acceptors (Lipinski definition) is 8. The highest BCUT2D eigenvalue weighted by Gasteiger charge is 2.10. The minimum absolute atomic E-state index is 0.277. The molecule has 0 aliphatic rings. The first-order valence-corrected chi connectivity index (χ1v) is 10.4. The summed E-state index contributed by atoms with van der Waals surface area (Å²) in [5, 5.41) is 19.3. The standard InChI is InChI=1S/C24H24N8/c1-16(2)18-10-24(32-29-15-18)31-23-4-3-21-22(30-23)9-19(14-28-21)20(11-25)13-27-12-17-5-7-26-8-6-17/h3-11,13-16,20,25H,12H2,1-2H3,(H,30,31,32). The number of rotatable bonds is 8. The molecule has 0 aliphatic carbocycles. The lowest BCUT2D eigenvalue weighted by molar-refractivity contribution is 0.843. The Hall–Kier alpha value is -4.07. The van der Waals surface area contributed by atoms with E-state index in [1.165, 1.54) is 6.21 Å².